The monoisotopic (exact) mass is 235 g/mol. The van der Waals surface area contributed by atoms with Crippen molar-refractivity contribution in [1.29, 1.82) is 0 Å². The number of ether oxygens (including phenoxy) is 1. The number of benzene rings is 1. The number of anilines is 1. The summed E-state index contributed by atoms with van der Waals surface area (Å²) in [5.41, 5.74) is 1.57. The third-order valence-electron chi connectivity index (χ3n) is 2.73. The molecule has 0 saturated carbocycles. The van der Waals surface area contributed by atoms with Gasteiger partial charge in [-0.25, -0.2) is 4.79 Å². The molecule has 0 saturated heterocycles. The Balaban J connectivity index is 2.62. The Kier molecular flexibility index (Phi) is 5.53. The predicted molar refractivity (Wildman–Crippen MR) is 70.3 cm³/mol. The van der Waals surface area contributed by atoms with Gasteiger partial charge in [-0.15, -0.1) is 0 Å². The molecule has 0 aliphatic carbocycles. The molecule has 0 amide bonds. The lowest BCUT2D eigenvalue weighted by Crippen LogP contribution is -2.11. The molecule has 3 heteroatoms. The van der Waals surface area contributed by atoms with Crippen molar-refractivity contribution in [3.8, 4) is 0 Å². The molecule has 0 spiro atoms. The molecule has 0 bridgehead atoms. The van der Waals surface area contributed by atoms with Crippen LogP contribution in [0.15, 0.2) is 24.3 Å². The summed E-state index contributed by atoms with van der Waals surface area (Å²) >= 11 is 0. The first-order chi connectivity index (χ1) is 8.17. The fraction of sp³-hybridized carbons (Fsp3) is 0.500. The lowest BCUT2D eigenvalue weighted by Gasteiger charge is -2.12. The second-order valence-corrected chi connectivity index (χ2v) is 4.20. The fourth-order valence-electron chi connectivity index (χ4n) is 1.41. The van der Waals surface area contributed by atoms with E-state index < -0.39 is 0 Å². The van der Waals surface area contributed by atoms with E-state index in [1.54, 1.807) is 6.07 Å². The zero-order valence-corrected chi connectivity index (χ0v) is 10.8. The van der Waals surface area contributed by atoms with E-state index in [1.165, 1.54) is 0 Å². The SMILES string of the molecule is CCOC(=O)c1cccc(NC[C@@H](C)CC)c1. The van der Waals surface area contributed by atoms with E-state index in [0.717, 1.165) is 18.7 Å². The Morgan fingerprint density at radius 1 is 1.41 bits per heavy atom. The van der Waals surface area contributed by atoms with Crippen molar-refractivity contribution < 1.29 is 9.53 Å². The third kappa shape index (κ3) is 4.47. The van der Waals surface area contributed by atoms with Gasteiger partial charge in [0.1, 0.15) is 0 Å². The molecule has 1 aromatic carbocycles. The fourth-order valence-corrected chi connectivity index (χ4v) is 1.41. The van der Waals surface area contributed by atoms with Crippen LogP contribution in [0, 0.1) is 5.92 Å². The molecule has 1 atom stereocenters. The second-order valence-electron chi connectivity index (χ2n) is 4.20. The number of hydrogen-bond donors (Lipinski definition) is 1. The minimum absolute atomic E-state index is 0.264. The summed E-state index contributed by atoms with van der Waals surface area (Å²) in [4.78, 5) is 11.5. The summed E-state index contributed by atoms with van der Waals surface area (Å²) in [6.45, 7) is 7.50. The smallest absolute Gasteiger partial charge is 0.338 e. The molecule has 0 aliphatic heterocycles. The Morgan fingerprint density at radius 2 is 2.18 bits per heavy atom. The molecule has 3 nitrogen and oxygen atoms in total. The van der Waals surface area contributed by atoms with E-state index in [9.17, 15) is 4.79 Å². The first kappa shape index (κ1) is 13.6. The molecule has 1 N–H and O–H groups in total. The Bertz CT molecular complexity index is 363. The predicted octanol–water partition coefficient (Wildman–Crippen LogP) is 3.32. The Hall–Kier alpha value is -1.51. The molecular weight excluding hydrogens is 214 g/mol. The molecule has 1 aromatic rings. The average molecular weight is 235 g/mol. The van der Waals surface area contributed by atoms with Crippen molar-refractivity contribution in [2.45, 2.75) is 27.2 Å². The van der Waals surface area contributed by atoms with Crippen molar-refractivity contribution >= 4 is 11.7 Å². The number of esters is 1. The van der Waals surface area contributed by atoms with E-state index in [-0.39, 0.29) is 5.97 Å². The van der Waals surface area contributed by atoms with E-state index in [0.29, 0.717) is 18.1 Å². The maximum atomic E-state index is 11.5. The van der Waals surface area contributed by atoms with E-state index in [1.807, 2.05) is 25.1 Å². The first-order valence-corrected chi connectivity index (χ1v) is 6.18. The standard InChI is InChI=1S/C14H21NO2/c1-4-11(3)10-15-13-8-6-7-12(9-13)14(16)17-5-2/h6-9,11,15H,4-5,10H2,1-3H3/t11-/m0/s1. The van der Waals surface area contributed by atoms with Crippen LogP contribution in [0.4, 0.5) is 5.69 Å². The van der Waals surface area contributed by atoms with Gasteiger partial charge in [0, 0.05) is 12.2 Å². The highest BCUT2D eigenvalue weighted by molar-refractivity contribution is 5.90. The van der Waals surface area contributed by atoms with E-state index in [2.05, 4.69) is 19.2 Å². The highest BCUT2D eigenvalue weighted by Crippen LogP contribution is 2.13. The highest BCUT2D eigenvalue weighted by atomic mass is 16.5. The third-order valence-corrected chi connectivity index (χ3v) is 2.73. The molecule has 0 aromatic heterocycles. The van der Waals surface area contributed by atoms with E-state index >= 15 is 0 Å². The molecule has 1 rings (SSSR count). The summed E-state index contributed by atoms with van der Waals surface area (Å²) in [5, 5.41) is 3.32. The van der Waals surface area contributed by atoms with E-state index in [4.69, 9.17) is 4.74 Å². The molecule has 0 unspecified atom stereocenters. The molecule has 17 heavy (non-hydrogen) atoms. The highest BCUT2D eigenvalue weighted by Gasteiger charge is 2.06. The van der Waals surface area contributed by atoms with Crippen molar-refractivity contribution in [3.05, 3.63) is 29.8 Å². The topological polar surface area (TPSA) is 38.3 Å². The lowest BCUT2D eigenvalue weighted by molar-refractivity contribution is 0.0526. The van der Waals surface area contributed by atoms with Crippen LogP contribution in [-0.2, 0) is 4.74 Å². The van der Waals surface area contributed by atoms with Crippen molar-refractivity contribution in [2.75, 3.05) is 18.5 Å². The van der Waals surface area contributed by atoms with Gasteiger partial charge in [-0.1, -0.05) is 26.3 Å². The summed E-state index contributed by atoms with van der Waals surface area (Å²) in [7, 11) is 0. The van der Waals surface area contributed by atoms with Crippen LogP contribution >= 0.6 is 0 Å². The van der Waals surface area contributed by atoms with Crippen LogP contribution in [0.3, 0.4) is 0 Å². The average Bonchev–Trinajstić information content (AvgIpc) is 2.36. The Morgan fingerprint density at radius 3 is 2.82 bits per heavy atom. The van der Waals surface area contributed by atoms with Gasteiger partial charge < -0.3 is 10.1 Å². The summed E-state index contributed by atoms with van der Waals surface area (Å²) in [6, 6.07) is 7.43. The van der Waals surface area contributed by atoms with Crippen molar-refractivity contribution in [1.82, 2.24) is 0 Å². The van der Waals surface area contributed by atoms with Crippen molar-refractivity contribution in [2.24, 2.45) is 5.92 Å². The normalized spacial score (nSPS) is 11.9. The minimum Gasteiger partial charge on any atom is -0.462 e. The van der Waals surface area contributed by atoms with Crippen LogP contribution in [0.5, 0.6) is 0 Å². The number of hydrogen-bond acceptors (Lipinski definition) is 3. The zero-order valence-electron chi connectivity index (χ0n) is 10.8. The first-order valence-electron chi connectivity index (χ1n) is 6.18. The second kappa shape index (κ2) is 6.94. The number of carbonyl (C=O) groups is 1. The number of rotatable bonds is 6. The van der Waals surface area contributed by atoms with Gasteiger partial charge in [-0.2, -0.15) is 0 Å². The maximum absolute atomic E-state index is 11.5. The van der Waals surface area contributed by atoms with Gasteiger partial charge in [0.2, 0.25) is 0 Å². The number of carbonyl (C=O) groups excluding carboxylic acids is 1. The van der Waals surface area contributed by atoms with Gasteiger partial charge in [0.05, 0.1) is 12.2 Å². The summed E-state index contributed by atoms with van der Waals surface area (Å²) in [6.07, 6.45) is 1.14. The van der Waals surface area contributed by atoms with Crippen molar-refractivity contribution in [3.63, 3.8) is 0 Å². The van der Waals surface area contributed by atoms with Gasteiger partial charge in [0.25, 0.3) is 0 Å². The quantitative estimate of drug-likeness (QED) is 0.769. The van der Waals surface area contributed by atoms with Gasteiger partial charge >= 0.3 is 5.97 Å². The van der Waals surface area contributed by atoms with Gasteiger partial charge in [-0.05, 0) is 31.0 Å². The lowest BCUT2D eigenvalue weighted by atomic mass is 10.1. The molecule has 0 aliphatic rings. The van der Waals surface area contributed by atoms with Crippen LogP contribution < -0.4 is 5.32 Å². The molecular formula is C14H21NO2. The minimum atomic E-state index is -0.264. The van der Waals surface area contributed by atoms with Crippen LogP contribution in [0.2, 0.25) is 0 Å². The van der Waals surface area contributed by atoms with Crippen LogP contribution in [-0.4, -0.2) is 19.1 Å². The van der Waals surface area contributed by atoms with Gasteiger partial charge in [-0.3, -0.25) is 0 Å². The van der Waals surface area contributed by atoms with Gasteiger partial charge in [0.15, 0.2) is 0 Å². The maximum Gasteiger partial charge on any atom is 0.338 e. The zero-order chi connectivity index (χ0) is 12.7. The molecule has 94 valence electrons. The number of nitrogens with one attached hydrogen (secondary N) is 1. The van der Waals surface area contributed by atoms with Crippen LogP contribution in [0.1, 0.15) is 37.6 Å². The molecule has 0 radical (unpaired) electrons. The largest absolute Gasteiger partial charge is 0.462 e. The molecule has 0 heterocycles. The summed E-state index contributed by atoms with van der Waals surface area (Å²) in [5.74, 6) is 0.362. The van der Waals surface area contributed by atoms with Crippen LogP contribution in [0.25, 0.3) is 0 Å². The molecule has 0 fully saturated rings. The Labute approximate surface area is 103 Å². The summed E-state index contributed by atoms with van der Waals surface area (Å²) < 4.78 is 4.96.